The summed E-state index contributed by atoms with van der Waals surface area (Å²) >= 11 is 0. The van der Waals surface area contributed by atoms with Gasteiger partial charge in [-0.2, -0.15) is 0 Å². The smallest absolute Gasteiger partial charge is 0.375 e. The van der Waals surface area contributed by atoms with Gasteiger partial charge in [-0.15, -0.1) is 0 Å². The monoisotopic (exact) mass is 243 g/mol. The van der Waals surface area contributed by atoms with E-state index in [2.05, 4.69) is 5.16 Å². The minimum atomic E-state index is -1.14. The third kappa shape index (κ3) is 1.41. The molecule has 0 fully saturated rings. The Bertz CT molecular complexity index is 738. The maximum absolute atomic E-state index is 11.1. The van der Waals surface area contributed by atoms with E-state index in [9.17, 15) is 4.79 Å². The number of rotatable bonds is 2. The molecule has 0 radical (unpaired) electrons. The van der Waals surface area contributed by atoms with Crippen molar-refractivity contribution in [2.75, 3.05) is 0 Å². The highest BCUT2D eigenvalue weighted by atomic mass is 16.5. The molecule has 0 aliphatic carbocycles. The lowest BCUT2D eigenvalue weighted by Gasteiger charge is -1.96. The van der Waals surface area contributed by atoms with Crippen molar-refractivity contribution < 1.29 is 18.8 Å². The second kappa shape index (κ2) is 3.73. The van der Waals surface area contributed by atoms with Gasteiger partial charge in [0.15, 0.2) is 0 Å². The number of carbonyl (C=O) groups is 1. The van der Waals surface area contributed by atoms with Crippen molar-refractivity contribution in [3.63, 3.8) is 0 Å². The van der Waals surface area contributed by atoms with Gasteiger partial charge in [-0.25, -0.2) is 4.79 Å². The van der Waals surface area contributed by atoms with E-state index in [4.69, 9.17) is 14.0 Å². The topological polar surface area (TPSA) is 76.5 Å². The third-order valence-electron chi connectivity index (χ3n) is 2.81. The van der Waals surface area contributed by atoms with Crippen LogP contribution in [0.2, 0.25) is 0 Å². The first kappa shape index (κ1) is 10.6. The maximum atomic E-state index is 11.1. The standard InChI is InChI=1S/C13H9NO4/c1-7-11(12(13(15)16)18-14-7)9-6-17-10-5-3-2-4-8(9)10/h2-6H,1H3,(H,15,16). The molecule has 1 aromatic carbocycles. The average Bonchev–Trinajstić information content (AvgIpc) is 2.92. The number of benzene rings is 1. The third-order valence-corrected chi connectivity index (χ3v) is 2.81. The van der Waals surface area contributed by atoms with Gasteiger partial charge in [-0.1, -0.05) is 23.4 Å². The Kier molecular flexibility index (Phi) is 2.19. The van der Waals surface area contributed by atoms with Crippen LogP contribution in [0.3, 0.4) is 0 Å². The Morgan fingerprint density at radius 2 is 2.11 bits per heavy atom. The maximum Gasteiger partial charge on any atom is 0.375 e. The summed E-state index contributed by atoms with van der Waals surface area (Å²) < 4.78 is 10.2. The molecule has 0 aliphatic heterocycles. The highest BCUT2D eigenvalue weighted by molar-refractivity contribution is 6.01. The van der Waals surface area contributed by atoms with Crippen molar-refractivity contribution in [3.8, 4) is 11.1 Å². The van der Waals surface area contributed by atoms with E-state index in [1.165, 1.54) is 6.26 Å². The van der Waals surface area contributed by atoms with Crippen LogP contribution in [-0.2, 0) is 0 Å². The zero-order chi connectivity index (χ0) is 12.7. The normalized spacial score (nSPS) is 10.9. The van der Waals surface area contributed by atoms with E-state index in [1.54, 1.807) is 6.92 Å². The van der Waals surface area contributed by atoms with Gasteiger partial charge < -0.3 is 14.0 Å². The van der Waals surface area contributed by atoms with Crippen molar-refractivity contribution in [2.45, 2.75) is 6.92 Å². The first-order valence-electron chi connectivity index (χ1n) is 5.34. The van der Waals surface area contributed by atoms with Crippen molar-refractivity contribution in [1.82, 2.24) is 5.16 Å². The molecule has 2 aromatic heterocycles. The molecular formula is C13H9NO4. The zero-order valence-corrected chi connectivity index (χ0v) is 9.51. The Hall–Kier alpha value is -2.56. The lowest BCUT2D eigenvalue weighted by atomic mass is 10.0. The molecule has 2 heterocycles. The van der Waals surface area contributed by atoms with Gasteiger partial charge in [-0.3, -0.25) is 0 Å². The molecule has 0 aliphatic rings. The van der Waals surface area contributed by atoms with Gasteiger partial charge in [0.25, 0.3) is 5.76 Å². The number of aromatic nitrogens is 1. The number of furan rings is 1. The first-order valence-corrected chi connectivity index (χ1v) is 5.34. The summed E-state index contributed by atoms with van der Waals surface area (Å²) in [6.45, 7) is 1.70. The SMILES string of the molecule is Cc1noc(C(=O)O)c1-c1coc2ccccc12. The van der Waals surface area contributed by atoms with Gasteiger partial charge in [0.05, 0.1) is 17.5 Å². The summed E-state index contributed by atoms with van der Waals surface area (Å²) in [5.41, 5.74) is 2.37. The Labute approximate surface area is 102 Å². The van der Waals surface area contributed by atoms with Crippen molar-refractivity contribution >= 4 is 16.9 Å². The van der Waals surface area contributed by atoms with Gasteiger partial charge in [0.1, 0.15) is 5.58 Å². The van der Waals surface area contributed by atoms with Gasteiger partial charge >= 0.3 is 5.97 Å². The number of fused-ring (bicyclic) bond motifs is 1. The second-order valence-electron chi connectivity index (χ2n) is 3.92. The van der Waals surface area contributed by atoms with Crippen LogP contribution in [0.25, 0.3) is 22.1 Å². The molecule has 3 aromatic rings. The van der Waals surface area contributed by atoms with Crippen LogP contribution in [0.1, 0.15) is 16.2 Å². The predicted molar refractivity (Wildman–Crippen MR) is 63.4 cm³/mol. The van der Waals surface area contributed by atoms with Crippen molar-refractivity contribution in [1.29, 1.82) is 0 Å². The number of hydrogen-bond donors (Lipinski definition) is 1. The van der Waals surface area contributed by atoms with E-state index in [0.29, 0.717) is 22.4 Å². The molecule has 0 saturated heterocycles. The van der Waals surface area contributed by atoms with Gasteiger partial charge in [0, 0.05) is 10.9 Å². The van der Waals surface area contributed by atoms with Crippen LogP contribution in [-0.4, -0.2) is 16.2 Å². The number of nitrogens with zero attached hydrogens (tertiary/aromatic N) is 1. The van der Waals surface area contributed by atoms with Crippen LogP contribution < -0.4 is 0 Å². The molecule has 1 N–H and O–H groups in total. The molecule has 0 spiro atoms. The highest BCUT2D eigenvalue weighted by Crippen LogP contribution is 2.34. The van der Waals surface area contributed by atoms with E-state index in [0.717, 1.165) is 5.39 Å². The van der Waals surface area contributed by atoms with Crippen LogP contribution in [0.5, 0.6) is 0 Å². The summed E-state index contributed by atoms with van der Waals surface area (Å²) in [6, 6.07) is 7.41. The molecule has 3 rings (SSSR count). The predicted octanol–water partition coefficient (Wildman–Crippen LogP) is 3.09. The highest BCUT2D eigenvalue weighted by Gasteiger charge is 2.23. The number of para-hydroxylation sites is 1. The quantitative estimate of drug-likeness (QED) is 0.748. The van der Waals surface area contributed by atoms with E-state index < -0.39 is 5.97 Å². The zero-order valence-electron chi connectivity index (χ0n) is 9.51. The minimum absolute atomic E-state index is 0.168. The average molecular weight is 243 g/mol. The fourth-order valence-corrected chi connectivity index (χ4v) is 2.00. The second-order valence-corrected chi connectivity index (χ2v) is 3.92. The molecule has 0 saturated carbocycles. The van der Waals surface area contributed by atoms with Gasteiger partial charge in [0.2, 0.25) is 0 Å². The van der Waals surface area contributed by atoms with Crippen molar-refractivity contribution in [2.24, 2.45) is 0 Å². The molecule has 0 unspecified atom stereocenters. The lowest BCUT2D eigenvalue weighted by Crippen LogP contribution is -1.96. The number of aromatic carboxylic acids is 1. The Morgan fingerprint density at radius 3 is 2.89 bits per heavy atom. The van der Waals surface area contributed by atoms with Crippen LogP contribution in [0, 0.1) is 6.92 Å². The van der Waals surface area contributed by atoms with Crippen LogP contribution in [0.4, 0.5) is 0 Å². The summed E-state index contributed by atoms with van der Waals surface area (Å²) in [5, 5.41) is 13.6. The van der Waals surface area contributed by atoms with Crippen LogP contribution >= 0.6 is 0 Å². The Morgan fingerprint density at radius 1 is 1.33 bits per heavy atom. The number of carboxylic acids is 1. The van der Waals surface area contributed by atoms with E-state index in [-0.39, 0.29) is 5.76 Å². The van der Waals surface area contributed by atoms with E-state index >= 15 is 0 Å². The first-order chi connectivity index (χ1) is 8.68. The van der Waals surface area contributed by atoms with E-state index in [1.807, 2.05) is 24.3 Å². The minimum Gasteiger partial charge on any atom is -0.475 e. The molecule has 5 nitrogen and oxygen atoms in total. The summed E-state index contributed by atoms with van der Waals surface area (Å²) in [5.74, 6) is -1.31. The van der Waals surface area contributed by atoms with Crippen molar-refractivity contribution in [3.05, 3.63) is 42.0 Å². The Balaban J connectivity index is 2.33. The lowest BCUT2D eigenvalue weighted by molar-refractivity contribution is 0.0653. The molecule has 0 bridgehead atoms. The summed E-state index contributed by atoms with van der Waals surface area (Å²) in [4.78, 5) is 11.1. The molecule has 0 amide bonds. The molecular weight excluding hydrogens is 234 g/mol. The largest absolute Gasteiger partial charge is 0.475 e. The summed E-state index contributed by atoms with van der Waals surface area (Å²) in [6.07, 6.45) is 1.52. The van der Waals surface area contributed by atoms with Crippen LogP contribution in [0.15, 0.2) is 39.5 Å². The number of hydrogen-bond acceptors (Lipinski definition) is 4. The van der Waals surface area contributed by atoms with Gasteiger partial charge in [-0.05, 0) is 13.0 Å². The molecule has 90 valence electrons. The fourth-order valence-electron chi connectivity index (χ4n) is 2.00. The number of carboxylic acid groups (broad SMARTS) is 1. The molecule has 0 atom stereocenters. The number of aryl methyl sites for hydroxylation is 1. The molecule has 5 heteroatoms. The molecule has 18 heavy (non-hydrogen) atoms. The fraction of sp³-hybridized carbons (Fsp3) is 0.0769. The summed E-state index contributed by atoms with van der Waals surface area (Å²) in [7, 11) is 0.